The second kappa shape index (κ2) is 8.34. The van der Waals surface area contributed by atoms with Gasteiger partial charge in [0.25, 0.3) is 0 Å². The minimum absolute atomic E-state index is 0.109. The van der Waals surface area contributed by atoms with Crippen molar-refractivity contribution in [3.63, 3.8) is 0 Å². The van der Waals surface area contributed by atoms with E-state index in [1.165, 1.54) is 6.07 Å². The molecule has 0 aliphatic rings. The molecule has 0 bridgehead atoms. The zero-order chi connectivity index (χ0) is 15.1. The van der Waals surface area contributed by atoms with E-state index >= 15 is 0 Å². The van der Waals surface area contributed by atoms with E-state index in [9.17, 15) is 9.18 Å². The van der Waals surface area contributed by atoms with Gasteiger partial charge in [-0.3, -0.25) is 4.90 Å². The molecular weight excluding hydrogens is 329 g/mol. The van der Waals surface area contributed by atoms with Crippen molar-refractivity contribution < 1.29 is 19.0 Å². The van der Waals surface area contributed by atoms with Gasteiger partial charge in [-0.1, -0.05) is 28.9 Å². The molecule has 0 amide bonds. The molecular formula is C14H19BrFNO3. The van der Waals surface area contributed by atoms with Crippen molar-refractivity contribution in [3.8, 4) is 0 Å². The van der Waals surface area contributed by atoms with Gasteiger partial charge in [-0.25, -0.2) is 9.18 Å². The number of hydrogen-bond donors (Lipinski definition) is 1. The number of carbonyl (C=O) groups excluding carboxylic acids is 1. The van der Waals surface area contributed by atoms with Crippen LogP contribution in [0.2, 0.25) is 0 Å². The van der Waals surface area contributed by atoms with Gasteiger partial charge in [-0.2, -0.15) is 0 Å². The molecule has 4 nitrogen and oxygen atoms in total. The third-order valence-electron chi connectivity index (χ3n) is 2.93. The zero-order valence-corrected chi connectivity index (χ0v) is 13.2. The topological polar surface area (TPSA) is 49.8 Å². The molecule has 112 valence electrons. The van der Waals surface area contributed by atoms with Crippen LogP contribution in [0.1, 0.15) is 25.5 Å². The Balaban J connectivity index is 3.17. The van der Waals surface area contributed by atoms with E-state index in [4.69, 9.17) is 9.84 Å². The van der Waals surface area contributed by atoms with Crippen molar-refractivity contribution in [3.05, 3.63) is 34.1 Å². The minimum atomic E-state index is -0.847. The van der Waals surface area contributed by atoms with Crippen LogP contribution in [0, 0.1) is 5.82 Å². The highest BCUT2D eigenvalue weighted by Gasteiger charge is 2.30. The van der Waals surface area contributed by atoms with Gasteiger partial charge in [0.1, 0.15) is 11.9 Å². The number of aliphatic hydroxyl groups is 1. The number of nitrogens with zero attached hydrogens (tertiary/aromatic N) is 1. The smallest absolute Gasteiger partial charge is 0.328 e. The van der Waals surface area contributed by atoms with Gasteiger partial charge in [0.2, 0.25) is 0 Å². The van der Waals surface area contributed by atoms with E-state index in [-0.39, 0.29) is 25.3 Å². The number of hydrogen-bond acceptors (Lipinski definition) is 4. The van der Waals surface area contributed by atoms with Crippen LogP contribution in [0.3, 0.4) is 0 Å². The maximum atomic E-state index is 14.1. The van der Waals surface area contributed by atoms with E-state index in [1.54, 1.807) is 24.0 Å². The molecule has 1 atom stereocenters. The largest absolute Gasteiger partial charge is 0.465 e. The summed E-state index contributed by atoms with van der Waals surface area (Å²) in [5, 5.41) is 9.09. The van der Waals surface area contributed by atoms with Crippen LogP contribution in [-0.2, 0) is 9.53 Å². The lowest BCUT2D eigenvalue weighted by Crippen LogP contribution is -2.37. The molecule has 0 fully saturated rings. The Morgan fingerprint density at radius 1 is 1.50 bits per heavy atom. The van der Waals surface area contributed by atoms with Gasteiger partial charge in [-0.05, 0) is 25.6 Å². The van der Waals surface area contributed by atoms with Crippen LogP contribution in [0.4, 0.5) is 4.39 Å². The van der Waals surface area contributed by atoms with Crippen LogP contribution in [0.25, 0.3) is 0 Å². The van der Waals surface area contributed by atoms with Crippen LogP contribution in [0.15, 0.2) is 22.7 Å². The first kappa shape index (κ1) is 17.1. The Bertz CT molecular complexity index is 456. The summed E-state index contributed by atoms with van der Waals surface area (Å²) in [5.74, 6) is -0.988. The average Bonchev–Trinajstić information content (AvgIpc) is 2.40. The molecule has 0 radical (unpaired) electrons. The summed E-state index contributed by atoms with van der Waals surface area (Å²) in [4.78, 5) is 13.8. The van der Waals surface area contributed by atoms with Crippen molar-refractivity contribution in [2.75, 3.05) is 26.3 Å². The van der Waals surface area contributed by atoms with Gasteiger partial charge < -0.3 is 9.84 Å². The lowest BCUT2D eigenvalue weighted by molar-refractivity contribution is -0.150. The summed E-state index contributed by atoms with van der Waals surface area (Å²) in [6.45, 7) is 4.44. The summed E-state index contributed by atoms with van der Waals surface area (Å²) < 4.78 is 19.7. The summed E-state index contributed by atoms with van der Waals surface area (Å²) >= 11 is 3.19. The third kappa shape index (κ3) is 4.26. The van der Waals surface area contributed by atoms with Crippen LogP contribution >= 0.6 is 15.9 Å². The SMILES string of the molecule is CCOC(=O)C(c1ccc(Br)cc1F)N(CC)CCO. The molecule has 20 heavy (non-hydrogen) atoms. The number of rotatable bonds is 7. The molecule has 0 heterocycles. The Hall–Kier alpha value is -0.980. The molecule has 1 N–H and O–H groups in total. The second-order valence-electron chi connectivity index (χ2n) is 4.17. The van der Waals surface area contributed by atoms with Crippen LogP contribution in [-0.4, -0.2) is 42.3 Å². The number of likely N-dealkylation sites (N-methyl/N-ethyl adjacent to an activating group) is 1. The number of aliphatic hydroxyl groups excluding tert-OH is 1. The standard InChI is InChI=1S/C14H19BrFNO3/c1-3-17(7-8-18)13(14(19)20-4-2)11-6-5-10(15)9-12(11)16/h5-6,9,13,18H,3-4,7-8H2,1-2H3. The minimum Gasteiger partial charge on any atom is -0.465 e. The fourth-order valence-corrected chi connectivity index (χ4v) is 2.35. The van der Waals surface area contributed by atoms with Crippen LogP contribution < -0.4 is 0 Å². The molecule has 0 aliphatic heterocycles. The van der Waals surface area contributed by atoms with E-state index in [2.05, 4.69) is 15.9 Å². The summed E-state index contributed by atoms with van der Waals surface area (Å²) in [6.07, 6.45) is 0. The summed E-state index contributed by atoms with van der Waals surface area (Å²) in [6, 6.07) is 3.70. The van der Waals surface area contributed by atoms with E-state index in [1.807, 2.05) is 6.92 Å². The Morgan fingerprint density at radius 2 is 2.20 bits per heavy atom. The van der Waals surface area contributed by atoms with Crippen molar-refractivity contribution in [2.45, 2.75) is 19.9 Å². The van der Waals surface area contributed by atoms with Gasteiger partial charge in [-0.15, -0.1) is 0 Å². The monoisotopic (exact) mass is 347 g/mol. The molecule has 0 saturated carbocycles. The number of carbonyl (C=O) groups is 1. The number of halogens is 2. The first-order valence-electron chi connectivity index (χ1n) is 6.51. The number of ether oxygens (including phenoxy) is 1. The highest BCUT2D eigenvalue weighted by molar-refractivity contribution is 9.10. The Kier molecular flexibility index (Phi) is 7.12. The zero-order valence-electron chi connectivity index (χ0n) is 11.6. The molecule has 0 saturated heterocycles. The molecule has 6 heteroatoms. The lowest BCUT2D eigenvalue weighted by Gasteiger charge is -2.28. The third-order valence-corrected chi connectivity index (χ3v) is 3.42. The fraction of sp³-hybridized carbons (Fsp3) is 0.500. The predicted octanol–water partition coefficient (Wildman–Crippen LogP) is 2.51. The number of esters is 1. The van der Waals surface area contributed by atoms with E-state index in [0.717, 1.165) is 0 Å². The first-order chi connectivity index (χ1) is 9.54. The average molecular weight is 348 g/mol. The van der Waals surface area contributed by atoms with E-state index < -0.39 is 17.8 Å². The highest BCUT2D eigenvalue weighted by atomic mass is 79.9. The summed E-state index contributed by atoms with van der Waals surface area (Å²) in [7, 11) is 0. The normalized spacial score (nSPS) is 12.5. The fourth-order valence-electron chi connectivity index (χ4n) is 2.02. The predicted molar refractivity (Wildman–Crippen MR) is 77.8 cm³/mol. The molecule has 1 rings (SSSR count). The Labute approximate surface area is 126 Å². The van der Waals surface area contributed by atoms with E-state index in [0.29, 0.717) is 11.0 Å². The van der Waals surface area contributed by atoms with Gasteiger partial charge >= 0.3 is 5.97 Å². The summed E-state index contributed by atoms with van der Waals surface area (Å²) in [5.41, 5.74) is 0.252. The first-order valence-corrected chi connectivity index (χ1v) is 7.30. The molecule has 0 aliphatic carbocycles. The second-order valence-corrected chi connectivity index (χ2v) is 5.09. The highest BCUT2D eigenvalue weighted by Crippen LogP contribution is 2.27. The Morgan fingerprint density at radius 3 is 2.70 bits per heavy atom. The molecule has 1 aromatic rings. The quantitative estimate of drug-likeness (QED) is 0.770. The molecule has 1 aromatic carbocycles. The lowest BCUT2D eigenvalue weighted by atomic mass is 10.0. The van der Waals surface area contributed by atoms with Gasteiger partial charge in [0.15, 0.2) is 0 Å². The van der Waals surface area contributed by atoms with Crippen molar-refractivity contribution in [2.24, 2.45) is 0 Å². The molecule has 1 unspecified atom stereocenters. The molecule has 0 aromatic heterocycles. The maximum absolute atomic E-state index is 14.1. The van der Waals surface area contributed by atoms with Crippen molar-refractivity contribution in [1.29, 1.82) is 0 Å². The molecule has 0 spiro atoms. The van der Waals surface area contributed by atoms with Crippen LogP contribution in [0.5, 0.6) is 0 Å². The maximum Gasteiger partial charge on any atom is 0.328 e. The van der Waals surface area contributed by atoms with Gasteiger partial charge in [0.05, 0.1) is 13.2 Å². The number of benzene rings is 1. The van der Waals surface area contributed by atoms with Crippen molar-refractivity contribution in [1.82, 2.24) is 4.90 Å². The van der Waals surface area contributed by atoms with Gasteiger partial charge in [0, 0.05) is 16.6 Å². The van der Waals surface area contributed by atoms with Crippen molar-refractivity contribution >= 4 is 21.9 Å².